The third-order valence-electron chi connectivity index (χ3n) is 5.57. The number of nitrogens with zero attached hydrogens (tertiary/aromatic N) is 4. The maximum absolute atomic E-state index is 12.8. The van der Waals surface area contributed by atoms with Gasteiger partial charge in [0.05, 0.1) is 5.92 Å². The van der Waals surface area contributed by atoms with Gasteiger partial charge in [-0.2, -0.15) is 4.98 Å². The van der Waals surface area contributed by atoms with Crippen LogP contribution < -0.4 is 5.32 Å². The van der Waals surface area contributed by atoms with Crippen LogP contribution in [0.25, 0.3) is 11.4 Å². The lowest BCUT2D eigenvalue weighted by Gasteiger charge is -2.36. The maximum Gasteiger partial charge on any atom is 0.317 e. The highest BCUT2D eigenvalue weighted by atomic mass is 16.5. The molecular weight excluding hydrogens is 358 g/mol. The third-order valence-corrected chi connectivity index (χ3v) is 5.57. The second-order valence-electron chi connectivity index (χ2n) is 8.79. The Labute approximate surface area is 164 Å². The molecular formula is C20H27N5O3. The van der Waals surface area contributed by atoms with E-state index in [1.807, 2.05) is 37.8 Å². The lowest BCUT2D eigenvalue weighted by Crippen LogP contribution is -2.48. The van der Waals surface area contributed by atoms with Gasteiger partial charge in [-0.05, 0) is 45.7 Å². The average molecular weight is 385 g/mol. The van der Waals surface area contributed by atoms with Gasteiger partial charge in [0.1, 0.15) is 0 Å². The number of rotatable bonds is 2. The molecule has 0 radical (unpaired) electrons. The molecule has 2 aromatic rings. The minimum atomic E-state index is -0.282. The van der Waals surface area contributed by atoms with Crippen LogP contribution in [0.1, 0.15) is 45.4 Å². The number of carbonyl (C=O) groups excluding carboxylic acids is 1. The van der Waals surface area contributed by atoms with Crippen molar-refractivity contribution in [1.82, 2.24) is 25.3 Å². The van der Waals surface area contributed by atoms with Crippen molar-refractivity contribution in [2.24, 2.45) is 5.41 Å². The molecule has 1 atom stereocenters. The molecule has 2 saturated heterocycles. The quantitative estimate of drug-likeness (QED) is 0.854. The Morgan fingerprint density at radius 3 is 2.79 bits per heavy atom. The second kappa shape index (κ2) is 7.16. The number of amides is 2. The number of hydrogen-bond acceptors (Lipinski definition) is 6. The Balaban J connectivity index is 1.60. The molecule has 1 N–H and O–H groups in total. The van der Waals surface area contributed by atoms with Crippen LogP contribution in [-0.4, -0.2) is 57.9 Å². The first-order valence-electron chi connectivity index (χ1n) is 9.75. The Morgan fingerprint density at radius 1 is 1.32 bits per heavy atom. The smallest absolute Gasteiger partial charge is 0.317 e. The van der Waals surface area contributed by atoms with Crippen LogP contribution in [0.15, 0.2) is 29.0 Å². The third kappa shape index (κ3) is 3.73. The molecule has 0 saturated carbocycles. The van der Waals surface area contributed by atoms with Gasteiger partial charge in [0.15, 0.2) is 0 Å². The molecule has 1 spiro atoms. The van der Waals surface area contributed by atoms with Gasteiger partial charge >= 0.3 is 6.03 Å². The largest absolute Gasteiger partial charge is 0.381 e. The van der Waals surface area contributed by atoms with Crippen molar-refractivity contribution in [2.45, 2.75) is 45.1 Å². The van der Waals surface area contributed by atoms with E-state index in [4.69, 9.17) is 9.26 Å². The maximum atomic E-state index is 12.8. The zero-order valence-electron chi connectivity index (χ0n) is 16.6. The predicted molar refractivity (Wildman–Crippen MR) is 103 cm³/mol. The number of pyridine rings is 1. The highest BCUT2D eigenvalue weighted by molar-refractivity contribution is 5.75. The molecule has 2 aliphatic rings. The minimum Gasteiger partial charge on any atom is -0.381 e. The van der Waals surface area contributed by atoms with Crippen molar-refractivity contribution >= 4 is 6.03 Å². The molecule has 0 aliphatic carbocycles. The molecule has 4 heterocycles. The van der Waals surface area contributed by atoms with Crippen molar-refractivity contribution < 1.29 is 14.1 Å². The number of ether oxygens (including phenoxy) is 1. The van der Waals surface area contributed by atoms with Crippen molar-refractivity contribution in [3.8, 4) is 11.4 Å². The summed E-state index contributed by atoms with van der Waals surface area (Å²) in [6.07, 6.45) is 5.18. The summed E-state index contributed by atoms with van der Waals surface area (Å²) in [7, 11) is 0. The van der Waals surface area contributed by atoms with Crippen LogP contribution in [0.5, 0.6) is 0 Å². The Morgan fingerprint density at radius 2 is 2.11 bits per heavy atom. The van der Waals surface area contributed by atoms with Crippen molar-refractivity contribution in [3.05, 3.63) is 30.4 Å². The zero-order valence-corrected chi connectivity index (χ0v) is 16.6. The molecule has 4 rings (SSSR count). The molecule has 2 fully saturated rings. The van der Waals surface area contributed by atoms with Gasteiger partial charge in [0, 0.05) is 55.2 Å². The molecule has 0 bridgehead atoms. The van der Waals surface area contributed by atoms with Gasteiger partial charge in [-0.25, -0.2) is 4.79 Å². The molecule has 0 aromatic carbocycles. The van der Waals surface area contributed by atoms with E-state index in [-0.39, 0.29) is 22.9 Å². The first-order chi connectivity index (χ1) is 13.4. The molecule has 150 valence electrons. The topological polar surface area (TPSA) is 93.4 Å². The summed E-state index contributed by atoms with van der Waals surface area (Å²) >= 11 is 0. The Bertz CT molecular complexity index is 824. The van der Waals surface area contributed by atoms with Crippen molar-refractivity contribution in [3.63, 3.8) is 0 Å². The highest BCUT2D eigenvalue weighted by Crippen LogP contribution is 2.49. The van der Waals surface area contributed by atoms with Crippen LogP contribution in [0.2, 0.25) is 0 Å². The molecule has 2 amide bonds. The summed E-state index contributed by atoms with van der Waals surface area (Å²) < 4.78 is 11.3. The van der Waals surface area contributed by atoms with Gasteiger partial charge in [-0.1, -0.05) is 5.16 Å². The van der Waals surface area contributed by atoms with Gasteiger partial charge in [-0.3, -0.25) is 4.98 Å². The lowest BCUT2D eigenvalue weighted by molar-refractivity contribution is 0.00935. The van der Waals surface area contributed by atoms with E-state index in [0.29, 0.717) is 38.0 Å². The van der Waals surface area contributed by atoms with Crippen LogP contribution >= 0.6 is 0 Å². The van der Waals surface area contributed by atoms with Crippen LogP contribution in [-0.2, 0) is 4.74 Å². The fourth-order valence-corrected chi connectivity index (χ4v) is 4.14. The number of nitrogens with one attached hydrogen (secondary N) is 1. The van der Waals surface area contributed by atoms with E-state index in [1.165, 1.54) is 0 Å². The summed E-state index contributed by atoms with van der Waals surface area (Å²) in [6.45, 7) is 8.58. The first-order valence-corrected chi connectivity index (χ1v) is 9.75. The number of aromatic nitrogens is 3. The summed E-state index contributed by atoms with van der Waals surface area (Å²) in [5.41, 5.74) is 0.446. The van der Waals surface area contributed by atoms with E-state index < -0.39 is 0 Å². The summed E-state index contributed by atoms with van der Waals surface area (Å²) in [6, 6.07) is 3.70. The van der Waals surface area contributed by atoms with Crippen LogP contribution in [0.3, 0.4) is 0 Å². The van der Waals surface area contributed by atoms with E-state index in [2.05, 4.69) is 20.4 Å². The monoisotopic (exact) mass is 385 g/mol. The number of carbonyl (C=O) groups is 1. The summed E-state index contributed by atoms with van der Waals surface area (Å²) in [5.74, 6) is 1.12. The minimum absolute atomic E-state index is 0.0000368. The molecule has 2 aliphatic heterocycles. The summed E-state index contributed by atoms with van der Waals surface area (Å²) in [4.78, 5) is 23.5. The number of likely N-dealkylation sites (tertiary alicyclic amines) is 1. The number of hydrogen-bond donors (Lipinski definition) is 1. The molecule has 8 heteroatoms. The van der Waals surface area contributed by atoms with Gasteiger partial charge in [-0.15, -0.1) is 0 Å². The lowest BCUT2D eigenvalue weighted by atomic mass is 9.72. The van der Waals surface area contributed by atoms with Crippen LogP contribution in [0, 0.1) is 5.41 Å². The van der Waals surface area contributed by atoms with Gasteiger partial charge in [0.2, 0.25) is 11.7 Å². The second-order valence-corrected chi connectivity index (χ2v) is 8.79. The highest BCUT2D eigenvalue weighted by Gasteiger charge is 2.51. The fourth-order valence-electron chi connectivity index (χ4n) is 4.14. The first kappa shape index (κ1) is 18.9. The zero-order chi connectivity index (χ0) is 19.8. The molecule has 0 unspecified atom stereocenters. The average Bonchev–Trinajstić information content (AvgIpc) is 3.27. The Hall–Kier alpha value is -2.48. The van der Waals surface area contributed by atoms with E-state index >= 15 is 0 Å². The predicted octanol–water partition coefficient (Wildman–Crippen LogP) is 2.84. The van der Waals surface area contributed by atoms with E-state index in [0.717, 1.165) is 18.4 Å². The molecule has 28 heavy (non-hydrogen) atoms. The molecule has 2 aromatic heterocycles. The van der Waals surface area contributed by atoms with Gasteiger partial charge < -0.3 is 19.5 Å². The van der Waals surface area contributed by atoms with Crippen molar-refractivity contribution in [1.29, 1.82) is 0 Å². The molecule has 8 nitrogen and oxygen atoms in total. The fraction of sp³-hybridized carbons (Fsp3) is 0.600. The Kier molecular flexibility index (Phi) is 4.82. The summed E-state index contributed by atoms with van der Waals surface area (Å²) in [5, 5.41) is 7.23. The number of urea groups is 1. The van der Waals surface area contributed by atoms with E-state index in [9.17, 15) is 4.79 Å². The van der Waals surface area contributed by atoms with Crippen LogP contribution in [0.4, 0.5) is 4.79 Å². The SMILES string of the molecule is CC(C)(C)NC(=O)N1C[C@@H](c2nc(-c3cccnc3)no2)C2(CCOCC2)C1. The van der Waals surface area contributed by atoms with E-state index in [1.54, 1.807) is 12.4 Å². The van der Waals surface area contributed by atoms with Crippen molar-refractivity contribution in [2.75, 3.05) is 26.3 Å². The standard InChI is InChI=1S/C20H27N5O3/c1-19(2,3)23-18(26)25-12-15(20(13-25)6-9-27-10-7-20)17-22-16(24-28-17)14-5-4-8-21-11-14/h4-5,8,11,15H,6-7,9-10,12-13H2,1-3H3,(H,23,26)/t15-/m0/s1. The normalized spacial score (nSPS) is 21.8. The van der Waals surface area contributed by atoms with Gasteiger partial charge in [0.25, 0.3) is 0 Å².